The van der Waals surface area contributed by atoms with Crippen LogP contribution < -0.4 is 9.32 Å². The van der Waals surface area contributed by atoms with E-state index in [1.165, 1.54) is 0 Å². The first-order valence-electron chi connectivity index (χ1n) is 1.37. The molecule has 0 radical (unpaired) electrons. The lowest BCUT2D eigenvalue weighted by atomic mass is 15.7. The largest absolute Gasteiger partial charge is 0.668 e. The van der Waals surface area contributed by atoms with Crippen LogP contribution in [0.25, 0.3) is 0 Å². The smallest absolute Gasteiger partial charge is 0.368 e. The van der Waals surface area contributed by atoms with Gasteiger partial charge >= 0.3 is 9.05 Å². The van der Waals surface area contributed by atoms with Crippen LogP contribution in [0.5, 0.6) is 0 Å². The van der Waals surface area contributed by atoms with Crippen LogP contribution in [0.3, 0.4) is 0 Å². The first-order valence-corrected chi connectivity index (χ1v) is 4.12. The molecule has 0 aromatic heterocycles. The Balaban J connectivity index is 0. The molecule has 0 saturated heterocycles. The Morgan fingerprint density at radius 2 is 1.00 bits per heavy atom. The quantitative estimate of drug-likeness (QED) is 0.234. The predicted molar refractivity (Wildman–Crippen MR) is 16.8 cm³/mol. The molecule has 58 valence electrons. The molecule has 7 nitrogen and oxygen atoms in total. The molecule has 0 rings (SSSR count). The zero-order valence-corrected chi connectivity index (χ0v) is 5.69. The number of halogens is 1. The van der Waals surface area contributed by atoms with Crippen molar-refractivity contribution >= 4 is 9.05 Å². The SMILES string of the molecule is O[Si](O)(O)O.[O-][Cl+2]([O-])O. The van der Waals surface area contributed by atoms with Gasteiger partial charge in [-0.1, -0.05) is 0 Å². The van der Waals surface area contributed by atoms with Gasteiger partial charge in [0.15, 0.2) is 0 Å². The minimum Gasteiger partial charge on any atom is -0.368 e. The van der Waals surface area contributed by atoms with Crippen molar-refractivity contribution in [2.45, 2.75) is 0 Å². The number of rotatable bonds is 0. The molecule has 9 heteroatoms. The van der Waals surface area contributed by atoms with Gasteiger partial charge in [-0.05, 0) is 0 Å². The van der Waals surface area contributed by atoms with Crippen molar-refractivity contribution < 1.29 is 43.9 Å². The van der Waals surface area contributed by atoms with Gasteiger partial charge in [-0.3, -0.25) is 0 Å². The van der Waals surface area contributed by atoms with E-state index in [2.05, 4.69) is 0 Å². The zero-order chi connectivity index (χ0) is 8.08. The highest BCUT2D eigenvalue weighted by molar-refractivity contribution is 6.46. The standard InChI is InChI=1S/ClHO3.H4O4Si/c2-1(3)4;1-5(2,3)4/h2H;1-4H. The monoisotopic (exact) mass is 180 g/mol. The normalized spacial score (nSPS) is 10.7. The summed E-state index contributed by atoms with van der Waals surface area (Å²) in [5, 5.41) is 0. The van der Waals surface area contributed by atoms with Crippen LogP contribution in [0.4, 0.5) is 0 Å². The van der Waals surface area contributed by atoms with Crippen molar-refractivity contribution in [3.8, 4) is 0 Å². The molecule has 0 aliphatic rings. The summed E-state index contributed by atoms with van der Waals surface area (Å²) in [6.07, 6.45) is 0. The fourth-order valence-electron chi connectivity index (χ4n) is 0. The lowest BCUT2D eigenvalue weighted by Crippen LogP contribution is -2.33. The van der Waals surface area contributed by atoms with Crippen molar-refractivity contribution in [2.24, 2.45) is 0 Å². The average Bonchev–Trinajstić information content (AvgIpc) is 1.19. The molecule has 0 aliphatic carbocycles. The molecule has 0 fully saturated rings. The Morgan fingerprint density at radius 3 is 1.00 bits per heavy atom. The van der Waals surface area contributed by atoms with E-state index in [4.69, 9.17) is 33.2 Å². The Morgan fingerprint density at radius 1 is 1.00 bits per heavy atom. The highest BCUT2D eigenvalue weighted by atomic mass is 35.6. The summed E-state index contributed by atoms with van der Waals surface area (Å²) in [6.45, 7) is 0. The minimum absolute atomic E-state index is 2.60. The van der Waals surface area contributed by atoms with Crippen molar-refractivity contribution in [3.05, 3.63) is 0 Å². The van der Waals surface area contributed by atoms with E-state index in [9.17, 15) is 0 Å². The summed E-state index contributed by atoms with van der Waals surface area (Å²) in [5.74, 6) is 0. The molecule has 0 bridgehead atoms. The van der Waals surface area contributed by atoms with Gasteiger partial charge in [0.1, 0.15) is 0 Å². The second-order valence-corrected chi connectivity index (χ2v) is 2.40. The summed E-state index contributed by atoms with van der Waals surface area (Å²) in [5.41, 5.74) is 0. The van der Waals surface area contributed by atoms with Gasteiger partial charge in [-0.15, -0.1) is 0 Å². The van der Waals surface area contributed by atoms with Crippen LogP contribution in [0.2, 0.25) is 0 Å². The third kappa shape index (κ3) is 6200. The molecule has 5 N–H and O–H groups in total. The van der Waals surface area contributed by atoms with Crippen molar-refractivity contribution in [3.63, 3.8) is 0 Å². The molecule has 0 aromatic carbocycles. The number of hydrogen-bond donors (Lipinski definition) is 5. The van der Waals surface area contributed by atoms with Crippen molar-refractivity contribution in [1.82, 2.24) is 0 Å². The second kappa shape index (κ2) is 5.05. The van der Waals surface area contributed by atoms with Crippen molar-refractivity contribution in [2.75, 3.05) is 0 Å². The average molecular weight is 181 g/mol. The molecule has 0 aromatic rings. The van der Waals surface area contributed by atoms with E-state index < -0.39 is 19.8 Å². The fraction of sp³-hybridized carbons (Fsp3) is 0. The first kappa shape index (κ1) is 12.0. The van der Waals surface area contributed by atoms with Gasteiger partial charge in [0.2, 0.25) is 0 Å². The summed E-state index contributed by atoms with van der Waals surface area (Å²) in [7, 11) is -7.21. The summed E-state index contributed by atoms with van der Waals surface area (Å²) >= 11 is 0. The second-order valence-electron chi connectivity index (χ2n) is 0.801. The Kier molecular flexibility index (Phi) is 6.71. The van der Waals surface area contributed by atoms with E-state index in [0.29, 0.717) is 0 Å². The number of hydrogen-bond acceptors (Lipinski definition) is 7. The van der Waals surface area contributed by atoms with E-state index in [1.807, 2.05) is 0 Å². The third-order valence-corrected chi connectivity index (χ3v) is 0. The maximum atomic E-state index is 8.52. The van der Waals surface area contributed by atoms with Crippen LogP contribution in [-0.4, -0.2) is 32.9 Å². The molecule has 0 saturated carbocycles. The molecule has 0 atom stereocenters. The molecule has 0 unspecified atom stereocenters. The fourth-order valence-corrected chi connectivity index (χ4v) is 0. The van der Waals surface area contributed by atoms with Crippen LogP contribution in [-0.2, 0) is 0 Å². The summed E-state index contributed by atoms with van der Waals surface area (Å²) < 4.78 is 24.0. The first-order chi connectivity index (χ1) is 3.73. The lowest BCUT2D eigenvalue weighted by Gasteiger charge is -1.91. The zero-order valence-electron chi connectivity index (χ0n) is 3.93. The van der Waals surface area contributed by atoms with Gasteiger partial charge in [0.25, 0.3) is 10.8 Å². The molecule has 0 amide bonds. The van der Waals surface area contributed by atoms with Gasteiger partial charge < -0.3 is 28.5 Å². The maximum absolute atomic E-state index is 8.52. The molecule has 0 aliphatic heterocycles. The third-order valence-electron chi connectivity index (χ3n) is 0. The molecule has 0 heterocycles. The Labute approximate surface area is 53.9 Å². The Hall–Kier alpha value is 0.227. The van der Waals surface area contributed by atoms with Crippen LogP contribution in [0.15, 0.2) is 0 Å². The molecule has 0 spiro atoms. The van der Waals surface area contributed by atoms with Crippen LogP contribution >= 0.6 is 0 Å². The molecule has 9 heavy (non-hydrogen) atoms. The minimum atomic E-state index is -4.61. The molecular formula is H5ClO7Si. The van der Waals surface area contributed by atoms with Gasteiger partial charge in [0.05, 0.1) is 0 Å². The highest BCUT2D eigenvalue weighted by Crippen LogP contribution is 1.67. The van der Waals surface area contributed by atoms with E-state index in [1.54, 1.807) is 0 Å². The van der Waals surface area contributed by atoms with Gasteiger partial charge in [-0.25, -0.2) is 0 Å². The van der Waals surface area contributed by atoms with Crippen LogP contribution in [0, 0.1) is 10.8 Å². The van der Waals surface area contributed by atoms with Gasteiger partial charge in [-0.2, -0.15) is 0 Å². The lowest BCUT2D eigenvalue weighted by molar-refractivity contribution is -1.63. The highest BCUT2D eigenvalue weighted by Gasteiger charge is 2.22. The van der Waals surface area contributed by atoms with E-state index in [-0.39, 0.29) is 0 Å². The van der Waals surface area contributed by atoms with Gasteiger partial charge in [0, 0.05) is 4.66 Å². The molecular weight excluding hydrogens is 176 g/mol. The topological polar surface area (TPSA) is 147 Å². The summed E-state index contributed by atoms with van der Waals surface area (Å²) in [6, 6.07) is 0. The summed E-state index contributed by atoms with van der Waals surface area (Å²) in [4.78, 5) is 29.3. The predicted octanol–water partition coefficient (Wildman–Crippen LogP) is -5.54. The van der Waals surface area contributed by atoms with Crippen LogP contribution in [0.1, 0.15) is 0 Å². The van der Waals surface area contributed by atoms with Crippen molar-refractivity contribution in [1.29, 1.82) is 0 Å². The van der Waals surface area contributed by atoms with E-state index in [0.717, 1.165) is 0 Å². The van der Waals surface area contributed by atoms with E-state index >= 15 is 0 Å². The Bertz CT molecular complexity index is 45.7. The maximum Gasteiger partial charge on any atom is 0.668 e.